The van der Waals surface area contributed by atoms with E-state index in [1.165, 1.54) is 17.7 Å². The minimum atomic E-state index is -0.312. The van der Waals surface area contributed by atoms with Crippen molar-refractivity contribution in [2.45, 2.75) is 19.3 Å². The molecule has 214 valence electrons. The number of phenols is 1. The van der Waals surface area contributed by atoms with E-state index in [9.17, 15) is 9.50 Å². The summed E-state index contributed by atoms with van der Waals surface area (Å²) in [6.07, 6.45) is 1.72. The second kappa shape index (κ2) is 11.5. The normalized spacial score (nSPS) is 11.5. The summed E-state index contributed by atoms with van der Waals surface area (Å²) in [5.41, 5.74) is 7.55. The molecule has 0 atom stereocenters. The molecule has 43 heavy (non-hydrogen) atoms. The number of para-hydroxylation sites is 1. The maximum atomic E-state index is 14.5. The van der Waals surface area contributed by atoms with Crippen LogP contribution in [0.1, 0.15) is 25.0 Å². The summed E-state index contributed by atoms with van der Waals surface area (Å²) in [6, 6.07) is 38.3. The van der Waals surface area contributed by atoms with Crippen LogP contribution in [0.4, 0.5) is 4.39 Å². The molecule has 0 aliphatic heterocycles. The molecule has 0 unspecified atom stereocenters. The quantitative estimate of drug-likeness (QED) is 0.178. The molecule has 2 aromatic heterocycles. The smallest absolute Gasteiger partial charge is 0.127 e. The van der Waals surface area contributed by atoms with E-state index in [4.69, 9.17) is 4.98 Å². The van der Waals surface area contributed by atoms with E-state index in [0.717, 1.165) is 48.4 Å². The Hall–Kier alpha value is -4.18. The number of rotatable bonds is 5. The number of halogens is 1. The van der Waals surface area contributed by atoms with Crippen molar-refractivity contribution >= 4 is 32.5 Å². The third-order valence-corrected chi connectivity index (χ3v) is 8.96. The van der Waals surface area contributed by atoms with E-state index < -0.39 is 0 Å². The van der Waals surface area contributed by atoms with Crippen molar-refractivity contribution in [3.63, 3.8) is 0 Å². The van der Waals surface area contributed by atoms with Gasteiger partial charge in [0.15, 0.2) is 0 Å². The number of thiazole rings is 1. The molecular formula is C37H26FN2OPtS-. The summed E-state index contributed by atoms with van der Waals surface area (Å²) >= 11 is 1.55. The maximum absolute atomic E-state index is 14.5. The van der Waals surface area contributed by atoms with Crippen LogP contribution in [0.25, 0.3) is 53.9 Å². The van der Waals surface area contributed by atoms with Gasteiger partial charge in [0.25, 0.3) is 0 Å². The largest absolute Gasteiger partial charge is 0.507 e. The van der Waals surface area contributed by atoms with Crippen LogP contribution >= 0.6 is 11.3 Å². The number of hydrogen-bond donors (Lipinski definition) is 1. The molecule has 0 aliphatic carbocycles. The van der Waals surface area contributed by atoms with Crippen LogP contribution in [0.3, 0.4) is 0 Å². The summed E-state index contributed by atoms with van der Waals surface area (Å²) in [5, 5.41) is 12.4. The molecule has 0 saturated heterocycles. The molecule has 2 heterocycles. The molecule has 0 saturated carbocycles. The molecule has 1 N–H and O–H groups in total. The first-order valence-electron chi connectivity index (χ1n) is 13.7. The van der Waals surface area contributed by atoms with Gasteiger partial charge in [0.1, 0.15) is 16.6 Å². The molecule has 6 heteroatoms. The summed E-state index contributed by atoms with van der Waals surface area (Å²) in [6.45, 7) is 4.38. The number of benzene rings is 5. The molecule has 0 fully saturated rings. The first-order chi connectivity index (χ1) is 20.4. The van der Waals surface area contributed by atoms with Crippen LogP contribution in [0.15, 0.2) is 115 Å². The SMILES string of the molecule is CC(C)(c1ccccc1)c1ccc(O)c(-c2nc3c(-c4[c-]c(-c5cc(F)cc6cccnc56)ccc4)cccc3s2)c1.[Pt]. The number of nitrogens with zero attached hydrogens (tertiary/aromatic N) is 2. The van der Waals surface area contributed by atoms with Crippen molar-refractivity contribution in [3.8, 4) is 38.6 Å². The fourth-order valence-corrected chi connectivity index (χ4v) is 6.56. The summed E-state index contributed by atoms with van der Waals surface area (Å²) in [7, 11) is 0. The third kappa shape index (κ3) is 5.28. The van der Waals surface area contributed by atoms with E-state index in [-0.39, 0.29) is 38.0 Å². The van der Waals surface area contributed by atoms with Gasteiger partial charge in [0.05, 0.1) is 11.1 Å². The second-order valence-corrected chi connectivity index (χ2v) is 11.9. The summed E-state index contributed by atoms with van der Waals surface area (Å²) < 4.78 is 15.5. The van der Waals surface area contributed by atoms with E-state index >= 15 is 0 Å². The maximum Gasteiger partial charge on any atom is 0.127 e. The number of pyridine rings is 1. The molecule has 7 aromatic rings. The van der Waals surface area contributed by atoms with Crippen molar-refractivity contribution in [2.24, 2.45) is 0 Å². The Balaban J connectivity index is 0.00000329. The van der Waals surface area contributed by atoms with Gasteiger partial charge >= 0.3 is 0 Å². The number of phenolic OH excluding ortho intramolecular Hbond substituents is 1. The Morgan fingerprint density at radius 2 is 1.49 bits per heavy atom. The van der Waals surface area contributed by atoms with Gasteiger partial charge in [0.2, 0.25) is 0 Å². The molecular weight excluding hydrogens is 735 g/mol. The predicted octanol–water partition coefficient (Wildman–Crippen LogP) is 9.81. The topological polar surface area (TPSA) is 46.0 Å². The number of aromatic hydroxyl groups is 1. The van der Waals surface area contributed by atoms with Crippen molar-refractivity contribution in [2.75, 3.05) is 0 Å². The number of aromatic nitrogens is 2. The van der Waals surface area contributed by atoms with E-state index in [0.29, 0.717) is 11.1 Å². The Morgan fingerprint density at radius 1 is 0.721 bits per heavy atom. The van der Waals surface area contributed by atoms with Gasteiger partial charge < -0.3 is 5.11 Å². The van der Waals surface area contributed by atoms with Crippen molar-refractivity contribution in [1.29, 1.82) is 0 Å². The van der Waals surface area contributed by atoms with Crippen molar-refractivity contribution in [3.05, 3.63) is 138 Å². The van der Waals surface area contributed by atoms with Crippen LogP contribution in [-0.4, -0.2) is 15.1 Å². The average Bonchev–Trinajstić information content (AvgIpc) is 3.45. The standard InChI is InChI=1S/C37H26FN2OS.Pt/c1-37(2,26-12-4-3-5-13-26)27-16-17-32(41)31(21-27)36-40-35-29(14-7-15-33(35)42-36)23-9-6-10-24(19-23)30-22-28(38)20-25-11-8-18-39-34(25)30;/h3-18,20-22,41H,1-2H3;/q-1;. The zero-order chi connectivity index (χ0) is 28.8. The van der Waals surface area contributed by atoms with Gasteiger partial charge in [-0.15, -0.1) is 46.7 Å². The molecule has 0 radical (unpaired) electrons. The number of hydrogen-bond acceptors (Lipinski definition) is 4. The first kappa shape index (κ1) is 28.9. The third-order valence-electron chi connectivity index (χ3n) is 7.91. The van der Waals surface area contributed by atoms with Crippen LogP contribution < -0.4 is 0 Å². The van der Waals surface area contributed by atoms with E-state index in [2.05, 4.69) is 43.1 Å². The predicted molar refractivity (Wildman–Crippen MR) is 170 cm³/mol. The van der Waals surface area contributed by atoms with E-state index in [1.54, 1.807) is 23.6 Å². The summed E-state index contributed by atoms with van der Waals surface area (Å²) in [4.78, 5) is 9.57. The van der Waals surface area contributed by atoms with E-state index in [1.807, 2.05) is 72.8 Å². The molecule has 0 bridgehead atoms. The zero-order valence-electron chi connectivity index (χ0n) is 23.4. The van der Waals surface area contributed by atoms with Gasteiger partial charge in [0, 0.05) is 42.9 Å². The summed E-state index contributed by atoms with van der Waals surface area (Å²) in [5.74, 6) is -0.115. The molecule has 7 rings (SSSR count). The molecule has 3 nitrogen and oxygen atoms in total. The Morgan fingerprint density at radius 3 is 2.30 bits per heavy atom. The van der Waals surface area contributed by atoms with Crippen LogP contribution in [0.5, 0.6) is 5.75 Å². The molecule has 0 aliphatic rings. The van der Waals surface area contributed by atoms with Crippen molar-refractivity contribution in [1.82, 2.24) is 9.97 Å². The second-order valence-electron chi connectivity index (χ2n) is 10.9. The Bertz CT molecular complexity index is 2110. The van der Waals surface area contributed by atoms with Crippen LogP contribution in [0, 0.1) is 11.9 Å². The van der Waals surface area contributed by atoms with Gasteiger partial charge in [-0.05, 0) is 46.8 Å². The Kier molecular flexibility index (Phi) is 7.72. The average molecular weight is 761 g/mol. The fourth-order valence-electron chi connectivity index (χ4n) is 5.54. The Labute approximate surface area is 268 Å². The van der Waals surface area contributed by atoms with Crippen LogP contribution in [0.2, 0.25) is 0 Å². The number of fused-ring (bicyclic) bond motifs is 2. The van der Waals surface area contributed by atoms with Gasteiger partial charge in [-0.2, -0.15) is 0 Å². The fraction of sp³-hybridized carbons (Fsp3) is 0.0811. The van der Waals surface area contributed by atoms with Crippen molar-refractivity contribution < 1.29 is 30.6 Å². The minimum Gasteiger partial charge on any atom is -0.507 e. The van der Waals surface area contributed by atoms with Gasteiger partial charge in [-0.3, -0.25) is 4.98 Å². The monoisotopic (exact) mass is 760 g/mol. The van der Waals surface area contributed by atoms with Gasteiger partial charge in [-0.1, -0.05) is 85.6 Å². The molecule has 5 aromatic carbocycles. The first-order valence-corrected chi connectivity index (χ1v) is 14.6. The van der Waals surface area contributed by atoms with Gasteiger partial charge in [-0.25, -0.2) is 9.37 Å². The molecule has 0 spiro atoms. The zero-order valence-corrected chi connectivity index (χ0v) is 26.5. The van der Waals surface area contributed by atoms with Crippen LogP contribution in [-0.2, 0) is 26.5 Å². The minimum absolute atomic E-state index is 0. The molecule has 0 amide bonds.